The van der Waals surface area contributed by atoms with Crippen LogP contribution >= 0.6 is 0 Å². The fourth-order valence-electron chi connectivity index (χ4n) is 3.34. The third-order valence-corrected chi connectivity index (χ3v) is 4.74. The van der Waals surface area contributed by atoms with E-state index in [9.17, 15) is 10.2 Å². The Morgan fingerprint density at radius 2 is 1.75 bits per heavy atom. The second-order valence-corrected chi connectivity index (χ2v) is 6.18. The first-order valence-corrected chi connectivity index (χ1v) is 7.99. The summed E-state index contributed by atoms with van der Waals surface area (Å²) in [6, 6.07) is 9.32. The average Bonchev–Trinajstić information content (AvgIpc) is 2.58. The van der Waals surface area contributed by atoms with Crippen LogP contribution in [0.25, 0.3) is 0 Å². The molecule has 24 heavy (non-hydrogen) atoms. The lowest BCUT2D eigenvalue weighted by molar-refractivity contribution is 0.228. The van der Waals surface area contributed by atoms with Crippen LogP contribution in [0.5, 0.6) is 23.0 Å². The third-order valence-electron chi connectivity index (χ3n) is 4.74. The molecule has 1 aliphatic heterocycles. The molecule has 2 aromatic rings. The Labute approximate surface area is 142 Å². The Hall–Kier alpha value is -2.40. The first-order chi connectivity index (χ1) is 11.5. The van der Waals surface area contributed by atoms with Crippen molar-refractivity contribution in [3.05, 3.63) is 47.0 Å². The van der Waals surface area contributed by atoms with Gasteiger partial charge in [0.1, 0.15) is 0 Å². The zero-order valence-electron chi connectivity index (χ0n) is 14.2. The Bertz CT molecular complexity index is 744. The molecule has 1 heterocycles. The van der Waals surface area contributed by atoms with Crippen LogP contribution in [0, 0.1) is 0 Å². The van der Waals surface area contributed by atoms with Gasteiger partial charge in [0.25, 0.3) is 0 Å². The van der Waals surface area contributed by atoms with E-state index in [1.54, 1.807) is 20.3 Å². The number of rotatable bonds is 4. The number of likely N-dealkylation sites (N-methyl/N-ethyl adjacent to an activating group) is 1. The van der Waals surface area contributed by atoms with Crippen molar-refractivity contribution in [2.24, 2.45) is 0 Å². The van der Waals surface area contributed by atoms with Crippen LogP contribution < -0.4 is 9.47 Å². The van der Waals surface area contributed by atoms with E-state index < -0.39 is 0 Å². The summed E-state index contributed by atoms with van der Waals surface area (Å²) in [6.45, 7) is 0.945. The number of fused-ring (bicyclic) bond motifs is 1. The van der Waals surface area contributed by atoms with Crippen LogP contribution in [0.3, 0.4) is 0 Å². The molecule has 2 aromatic carbocycles. The number of hydrogen-bond donors (Lipinski definition) is 2. The molecule has 5 nitrogen and oxygen atoms in total. The third kappa shape index (κ3) is 2.99. The molecule has 0 aliphatic carbocycles. The second-order valence-electron chi connectivity index (χ2n) is 6.18. The number of methoxy groups -OCH3 is 2. The van der Waals surface area contributed by atoms with Crippen molar-refractivity contribution in [2.45, 2.75) is 18.9 Å². The monoisotopic (exact) mass is 329 g/mol. The highest BCUT2D eigenvalue weighted by molar-refractivity contribution is 5.49. The maximum atomic E-state index is 10.2. The van der Waals surface area contributed by atoms with Crippen molar-refractivity contribution in [1.82, 2.24) is 4.90 Å². The van der Waals surface area contributed by atoms with Crippen molar-refractivity contribution < 1.29 is 19.7 Å². The Kier molecular flexibility index (Phi) is 4.53. The van der Waals surface area contributed by atoms with E-state index in [1.807, 2.05) is 24.3 Å². The normalized spacial score (nSPS) is 17.4. The number of hydrogen-bond acceptors (Lipinski definition) is 5. The van der Waals surface area contributed by atoms with Crippen LogP contribution in [0.1, 0.15) is 22.7 Å². The van der Waals surface area contributed by atoms with Gasteiger partial charge in [-0.05, 0) is 60.8 Å². The summed E-state index contributed by atoms with van der Waals surface area (Å²) in [5.41, 5.74) is 3.40. The summed E-state index contributed by atoms with van der Waals surface area (Å²) < 4.78 is 10.4. The molecule has 0 saturated heterocycles. The smallest absolute Gasteiger partial charge is 0.160 e. The van der Waals surface area contributed by atoms with Gasteiger partial charge in [-0.3, -0.25) is 4.90 Å². The van der Waals surface area contributed by atoms with E-state index in [1.165, 1.54) is 5.56 Å². The summed E-state index contributed by atoms with van der Waals surface area (Å²) in [6.07, 6.45) is 1.70. The molecule has 0 aromatic heterocycles. The summed E-state index contributed by atoms with van der Waals surface area (Å²) in [4.78, 5) is 2.29. The summed E-state index contributed by atoms with van der Waals surface area (Å²) in [5, 5.41) is 19.9. The van der Waals surface area contributed by atoms with E-state index in [4.69, 9.17) is 9.47 Å². The summed E-state index contributed by atoms with van der Waals surface area (Å²) in [5.74, 6) is 1.30. The van der Waals surface area contributed by atoms with Gasteiger partial charge in [-0.25, -0.2) is 0 Å². The molecule has 1 aliphatic rings. The lowest BCUT2D eigenvalue weighted by Gasteiger charge is -2.35. The van der Waals surface area contributed by atoms with E-state index in [-0.39, 0.29) is 17.5 Å². The van der Waals surface area contributed by atoms with Crippen molar-refractivity contribution in [2.75, 3.05) is 27.8 Å². The molecule has 0 saturated carbocycles. The lowest BCUT2D eigenvalue weighted by atomic mass is 9.88. The molecule has 128 valence electrons. The molecular weight excluding hydrogens is 306 g/mol. The van der Waals surface area contributed by atoms with Gasteiger partial charge in [0, 0.05) is 12.6 Å². The van der Waals surface area contributed by atoms with Crippen molar-refractivity contribution in [3.8, 4) is 23.0 Å². The highest BCUT2D eigenvalue weighted by Crippen LogP contribution is 2.39. The van der Waals surface area contributed by atoms with Crippen LogP contribution in [0.2, 0.25) is 0 Å². The van der Waals surface area contributed by atoms with Gasteiger partial charge < -0.3 is 19.7 Å². The standard InChI is InChI=1S/C19H23NO4/c1-20-7-6-13-10-19(24-3)17(22)11-14(13)15(20)8-12-4-5-16(21)18(9-12)23-2/h4-5,9-11,15,21-22H,6-8H2,1-3H3/t15-/m1/s1. The summed E-state index contributed by atoms with van der Waals surface area (Å²) in [7, 11) is 5.20. The number of phenolic OH excluding ortho intramolecular Hbond substituents is 2. The Balaban J connectivity index is 1.95. The minimum Gasteiger partial charge on any atom is -0.504 e. The molecule has 0 bridgehead atoms. The largest absolute Gasteiger partial charge is 0.504 e. The van der Waals surface area contributed by atoms with Gasteiger partial charge in [-0.1, -0.05) is 6.07 Å². The number of ether oxygens (including phenoxy) is 2. The van der Waals surface area contributed by atoms with Crippen LogP contribution in [0.15, 0.2) is 30.3 Å². The maximum Gasteiger partial charge on any atom is 0.160 e. The maximum absolute atomic E-state index is 10.2. The average molecular weight is 329 g/mol. The first-order valence-electron chi connectivity index (χ1n) is 7.99. The fraction of sp³-hybridized carbons (Fsp3) is 0.368. The van der Waals surface area contributed by atoms with Gasteiger partial charge in [0.05, 0.1) is 14.2 Å². The minimum absolute atomic E-state index is 0.140. The fourth-order valence-corrected chi connectivity index (χ4v) is 3.34. The molecule has 1 atom stereocenters. The minimum atomic E-state index is 0.140. The number of benzene rings is 2. The van der Waals surface area contributed by atoms with Gasteiger partial charge in [0.15, 0.2) is 23.0 Å². The van der Waals surface area contributed by atoms with Gasteiger partial charge >= 0.3 is 0 Å². The molecule has 5 heteroatoms. The van der Waals surface area contributed by atoms with E-state index in [2.05, 4.69) is 11.9 Å². The van der Waals surface area contributed by atoms with E-state index in [0.29, 0.717) is 11.5 Å². The zero-order valence-corrected chi connectivity index (χ0v) is 14.2. The molecule has 0 fully saturated rings. The Morgan fingerprint density at radius 3 is 2.46 bits per heavy atom. The van der Waals surface area contributed by atoms with E-state index in [0.717, 1.165) is 30.5 Å². The molecule has 0 spiro atoms. The molecule has 2 N–H and O–H groups in total. The zero-order chi connectivity index (χ0) is 17.3. The van der Waals surface area contributed by atoms with Crippen molar-refractivity contribution in [1.29, 1.82) is 0 Å². The van der Waals surface area contributed by atoms with Gasteiger partial charge in [0.2, 0.25) is 0 Å². The molecular formula is C19H23NO4. The molecule has 0 amide bonds. The first kappa shape index (κ1) is 16.5. The van der Waals surface area contributed by atoms with Gasteiger partial charge in [-0.2, -0.15) is 0 Å². The molecule has 3 rings (SSSR count). The highest BCUT2D eigenvalue weighted by atomic mass is 16.5. The topological polar surface area (TPSA) is 62.2 Å². The SMILES string of the molecule is COc1cc(C[C@@H]2c3cc(O)c(OC)cc3CCN2C)ccc1O. The number of nitrogens with zero attached hydrogens (tertiary/aromatic N) is 1. The number of phenols is 2. The molecule has 0 radical (unpaired) electrons. The van der Waals surface area contributed by atoms with Crippen molar-refractivity contribution in [3.63, 3.8) is 0 Å². The molecule has 0 unspecified atom stereocenters. The van der Waals surface area contributed by atoms with E-state index >= 15 is 0 Å². The number of aromatic hydroxyl groups is 2. The predicted octanol–water partition coefficient (Wildman–Crippen LogP) is 2.89. The quantitative estimate of drug-likeness (QED) is 0.903. The lowest BCUT2D eigenvalue weighted by Crippen LogP contribution is -2.33. The van der Waals surface area contributed by atoms with Crippen LogP contribution in [0.4, 0.5) is 0 Å². The summed E-state index contributed by atoms with van der Waals surface area (Å²) >= 11 is 0. The van der Waals surface area contributed by atoms with Crippen LogP contribution in [-0.2, 0) is 12.8 Å². The Morgan fingerprint density at radius 1 is 1.04 bits per heavy atom. The second kappa shape index (κ2) is 6.61. The highest BCUT2D eigenvalue weighted by Gasteiger charge is 2.27. The predicted molar refractivity (Wildman–Crippen MR) is 92.1 cm³/mol. The van der Waals surface area contributed by atoms with Crippen molar-refractivity contribution >= 4 is 0 Å². The van der Waals surface area contributed by atoms with Crippen LogP contribution in [-0.4, -0.2) is 42.9 Å². The van der Waals surface area contributed by atoms with Gasteiger partial charge in [-0.15, -0.1) is 0 Å².